The monoisotopic (exact) mass is 216 g/mol. The molecule has 0 saturated heterocycles. The third kappa shape index (κ3) is 2.46. The molecule has 0 radical (unpaired) electrons. The van der Waals surface area contributed by atoms with Gasteiger partial charge in [-0.25, -0.2) is 0 Å². The number of rotatable bonds is 4. The number of nitrogens with one attached hydrogen (secondary N) is 2. The van der Waals surface area contributed by atoms with Gasteiger partial charge in [0.05, 0.1) is 10.2 Å². The molecule has 4 heteroatoms. The molecule has 1 aliphatic carbocycles. The predicted octanol–water partition coefficient (Wildman–Crippen LogP) is 1.19. The van der Waals surface area contributed by atoms with Crippen LogP contribution in [0.25, 0.3) is 0 Å². The van der Waals surface area contributed by atoms with E-state index in [2.05, 4.69) is 21.2 Å². The van der Waals surface area contributed by atoms with Crippen molar-refractivity contribution in [3.8, 4) is 0 Å². The van der Waals surface area contributed by atoms with Crippen molar-refractivity contribution in [2.24, 2.45) is 0 Å². The van der Waals surface area contributed by atoms with E-state index in [4.69, 9.17) is 5.41 Å². The number of carbonyl (C=O) groups is 1. The Morgan fingerprint density at radius 2 is 2.27 bits per heavy atom. The van der Waals surface area contributed by atoms with Gasteiger partial charge in [-0.15, -0.1) is 0 Å². The van der Waals surface area contributed by atoms with E-state index >= 15 is 0 Å². The maximum atomic E-state index is 10.3. The molecule has 0 aliphatic heterocycles. The van der Waals surface area contributed by atoms with E-state index in [1.807, 2.05) is 0 Å². The lowest BCUT2D eigenvalue weighted by Gasteiger charge is -2.02. The lowest BCUT2D eigenvalue weighted by Crippen LogP contribution is -2.14. The Labute approximate surface area is 73.5 Å². The van der Waals surface area contributed by atoms with Gasteiger partial charge in [-0.05, 0) is 28.8 Å². The molecule has 11 heavy (non-hydrogen) atoms. The Bertz CT molecular complexity index is 198. The van der Waals surface area contributed by atoms with Crippen molar-refractivity contribution in [2.75, 3.05) is 0 Å². The van der Waals surface area contributed by atoms with Gasteiger partial charge in [0, 0.05) is 12.3 Å². The summed E-state index contributed by atoms with van der Waals surface area (Å²) in [5.74, 6) is 0. The molecular formula is C7H9BrN2O. The second-order valence-electron chi connectivity index (χ2n) is 2.45. The Balaban J connectivity index is 2.56. The fourth-order valence-electron chi connectivity index (χ4n) is 0.639. The average Bonchev–Trinajstić information content (AvgIpc) is 2.74. The highest BCUT2D eigenvalue weighted by atomic mass is 79.9. The summed E-state index contributed by atoms with van der Waals surface area (Å²) in [6.07, 6.45) is 4.00. The summed E-state index contributed by atoms with van der Waals surface area (Å²) in [6, 6.07) is 0.499. The maximum absolute atomic E-state index is 10.3. The van der Waals surface area contributed by atoms with Gasteiger partial charge in [0.1, 0.15) is 0 Å². The van der Waals surface area contributed by atoms with E-state index in [0.717, 1.165) is 19.1 Å². The molecule has 2 N–H and O–H groups in total. The smallest absolute Gasteiger partial charge is 0.154 e. The molecule has 0 heterocycles. The number of aldehydes is 1. The number of allylic oxidation sites excluding steroid dienone is 1. The molecule has 0 unspecified atom stereocenters. The topological polar surface area (TPSA) is 53.0 Å². The first-order valence-electron chi connectivity index (χ1n) is 3.40. The third-order valence-corrected chi connectivity index (χ3v) is 2.13. The first-order valence-corrected chi connectivity index (χ1v) is 4.19. The van der Waals surface area contributed by atoms with E-state index in [9.17, 15) is 4.79 Å². The summed E-state index contributed by atoms with van der Waals surface area (Å²) in [4.78, 5) is 10.3. The highest BCUT2D eigenvalue weighted by molar-refractivity contribution is 9.11. The van der Waals surface area contributed by atoms with Crippen molar-refractivity contribution in [2.45, 2.75) is 18.9 Å². The van der Waals surface area contributed by atoms with Crippen LogP contribution in [0.2, 0.25) is 0 Å². The van der Waals surface area contributed by atoms with Crippen LogP contribution in [0.3, 0.4) is 0 Å². The molecule has 60 valence electrons. The molecule has 0 aromatic heterocycles. The molecule has 0 aromatic carbocycles. The number of halogens is 1. The molecule has 1 aliphatic rings. The minimum absolute atomic E-state index is 0.358. The zero-order valence-electron chi connectivity index (χ0n) is 5.93. The molecule has 0 bridgehead atoms. The van der Waals surface area contributed by atoms with E-state index in [0.29, 0.717) is 22.5 Å². The molecular weight excluding hydrogens is 208 g/mol. The summed E-state index contributed by atoms with van der Waals surface area (Å²) in [5, 5.41) is 9.94. The van der Waals surface area contributed by atoms with Gasteiger partial charge in [-0.3, -0.25) is 4.79 Å². The van der Waals surface area contributed by atoms with Gasteiger partial charge < -0.3 is 10.7 Å². The quantitative estimate of drug-likeness (QED) is 0.321. The standard InChI is InChI=1S/C7H9BrN2O/c8-7(5(3-9)4-11)10-6-1-2-6/h3-4,6,9-10H,1-2H2/b7-5+,9-3?. The zero-order chi connectivity index (χ0) is 8.27. The third-order valence-electron chi connectivity index (χ3n) is 1.44. The Morgan fingerprint density at radius 3 is 2.64 bits per heavy atom. The maximum Gasteiger partial charge on any atom is 0.154 e. The molecule has 3 nitrogen and oxygen atoms in total. The van der Waals surface area contributed by atoms with Crippen LogP contribution in [-0.2, 0) is 4.79 Å². The largest absolute Gasteiger partial charge is 0.376 e. The van der Waals surface area contributed by atoms with Gasteiger partial charge >= 0.3 is 0 Å². The second kappa shape index (κ2) is 3.67. The van der Waals surface area contributed by atoms with Crippen LogP contribution in [0.4, 0.5) is 0 Å². The van der Waals surface area contributed by atoms with Crippen LogP contribution < -0.4 is 5.32 Å². The zero-order valence-corrected chi connectivity index (χ0v) is 7.52. The number of carbonyl (C=O) groups excluding carboxylic acids is 1. The van der Waals surface area contributed by atoms with Crippen molar-refractivity contribution in [3.63, 3.8) is 0 Å². The highest BCUT2D eigenvalue weighted by Crippen LogP contribution is 2.22. The molecule has 1 fully saturated rings. The van der Waals surface area contributed by atoms with Crippen molar-refractivity contribution in [3.05, 3.63) is 10.2 Å². The van der Waals surface area contributed by atoms with E-state index in [-0.39, 0.29) is 0 Å². The second-order valence-corrected chi connectivity index (χ2v) is 3.24. The number of hydrogen-bond acceptors (Lipinski definition) is 3. The van der Waals surface area contributed by atoms with E-state index < -0.39 is 0 Å². The summed E-state index contributed by atoms with van der Waals surface area (Å²) in [7, 11) is 0. The van der Waals surface area contributed by atoms with E-state index in [1.165, 1.54) is 0 Å². The van der Waals surface area contributed by atoms with Gasteiger partial charge in [0.25, 0.3) is 0 Å². The van der Waals surface area contributed by atoms with Crippen LogP contribution in [0.1, 0.15) is 12.8 Å². The van der Waals surface area contributed by atoms with Gasteiger partial charge in [0.2, 0.25) is 0 Å². The molecule has 1 saturated carbocycles. The van der Waals surface area contributed by atoms with Crippen LogP contribution in [0.15, 0.2) is 10.2 Å². The fourth-order valence-corrected chi connectivity index (χ4v) is 1.17. The minimum atomic E-state index is 0.358. The Morgan fingerprint density at radius 1 is 1.64 bits per heavy atom. The lowest BCUT2D eigenvalue weighted by molar-refractivity contribution is -0.104. The first-order chi connectivity index (χ1) is 5.27. The molecule has 1 rings (SSSR count). The van der Waals surface area contributed by atoms with Crippen LogP contribution in [-0.4, -0.2) is 18.5 Å². The highest BCUT2D eigenvalue weighted by Gasteiger charge is 2.21. The van der Waals surface area contributed by atoms with Crippen LogP contribution >= 0.6 is 15.9 Å². The minimum Gasteiger partial charge on any atom is -0.376 e. The fraction of sp³-hybridized carbons (Fsp3) is 0.429. The molecule has 0 atom stereocenters. The number of hydrogen-bond donors (Lipinski definition) is 2. The molecule has 0 spiro atoms. The van der Waals surface area contributed by atoms with Crippen molar-refractivity contribution >= 4 is 28.4 Å². The van der Waals surface area contributed by atoms with Crippen molar-refractivity contribution in [1.82, 2.24) is 5.32 Å². The molecule has 0 amide bonds. The summed E-state index contributed by atoms with van der Waals surface area (Å²) >= 11 is 3.19. The summed E-state index contributed by atoms with van der Waals surface area (Å²) in [5.41, 5.74) is 0.358. The SMILES string of the molecule is N=C/C(C=O)=C(/Br)NC1CC1. The van der Waals surface area contributed by atoms with E-state index in [1.54, 1.807) is 0 Å². The Kier molecular flexibility index (Phi) is 2.82. The van der Waals surface area contributed by atoms with Crippen LogP contribution in [0, 0.1) is 5.41 Å². The first kappa shape index (κ1) is 8.46. The van der Waals surface area contributed by atoms with Gasteiger partial charge in [0.15, 0.2) is 6.29 Å². The molecule has 0 aromatic rings. The van der Waals surface area contributed by atoms with Crippen molar-refractivity contribution < 1.29 is 4.79 Å². The average molecular weight is 217 g/mol. The van der Waals surface area contributed by atoms with Gasteiger partial charge in [-0.2, -0.15) is 0 Å². The van der Waals surface area contributed by atoms with Crippen LogP contribution in [0.5, 0.6) is 0 Å². The summed E-state index contributed by atoms with van der Waals surface area (Å²) in [6.45, 7) is 0. The normalized spacial score (nSPS) is 18.6. The van der Waals surface area contributed by atoms with Gasteiger partial charge in [-0.1, -0.05) is 0 Å². The Hall–Kier alpha value is -0.640. The van der Waals surface area contributed by atoms with Crippen molar-refractivity contribution in [1.29, 1.82) is 5.41 Å². The summed E-state index contributed by atoms with van der Waals surface area (Å²) < 4.78 is 0.630. The lowest BCUT2D eigenvalue weighted by atomic mass is 10.3. The predicted molar refractivity (Wildman–Crippen MR) is 47.0 cm³/mol.